The van der Waals surface area contributed by atoms with Gasteiger partial charge in [-0.05, 0) is 101 Å². The van der Waals surface area contributed by atoms with Gasteiger partial charge >= 0.3 is 0 Å². The van der Waals surface area contributed by atoms with Crippen LogP contribution in [0.1, 0.15) is 0 Å². The van der Waals surface area contributed by atoms with Crippen molar-refractivity contribution in [1.29, 1.82) is 0 Å². The highest BCUT2D eigenvalue weighted by molar-refractivity contribution is 6.10. The number of hydrogen-bond donors (Lipinski definition) is 0. The summed E-state index contributed by atoms with van der Waals surface area (Å²) in [6.07, 6.45) is 3.78. The molecular weight excluding hydrogens is 607 g/mol. The number of pyridine rings is 1. The van der Waals surface area contributed by atoms with Crippen LogP contribution in [0.2, 0.25) is 0 Å². The molecule has 0 unspecified atom stereocenters. The molecule has 0 aliphatic carbocycles. The van der Waals surface area contributed by atoms with Crippen LogP contribution in [0, 0.1) is 0 Å². The summed E-state index contributed by atoms with van der Waals surface area (Å²) in [5.41, 5.74) is 14.0. The van der Waals surface area contributed by atoms with Crippen molar-refractivity contribution < 1.29 is 0 Å². The Bertz CT molecular complexity index is 2590. The molecule has 0 spiro atoms. The fourth-order valence-electron chi connectivity index (χ4n) is 7.71. The van der Waals surface area contributed by atoms with Crippen LogP contribution in [0.3, 0.4) is 0 Å². The summed E-state index contributed by atoms with van der Waals surface area (Å²) in [6.45, 7) is 0. The molecule has 0 saturated heterocycles. The summed E-state index contributed by atoms with van der Waals surface area (Å²) in [5, 5.41) is 5.05. The molecule has 0 radical (unpaired) electrons. The van der Waals surface area contributed by atoms with Crippen molar-refractivity contribution in [2.45, 2.75) is 0 Å². The van der Waals surface area contributed by atoms with Gasteiger partial charge in [0, 0.05) is 50.9 Å². The summed E-state index contributed by atoms with van der Waals surface area (Å²) in [7, 11) is 0. The average molecular weight is 638 g/mol. The quantitative estimate of drug-likeness (QED) is 0.184. The third-order valence-corrected chi connectivity index (χ3v) is 9.96. The lowest BCUT2D eigenvalue weighted by atomic mass is 9.93. The minimum Gasteiger partial charge on any atom is -0.309 e. The van der Waals surface area contributed by atoms with Gasteiger partial charge in [0.05, 0.1) is 22.1 Å². The van der Waals surface area contributed by atoms with Crippen molar-refractivity contribution >= 4 is 43.6 Å². The van der Waals surface area contributed by atoms with Crippen LogP contribution in [-0.4, -0.2) is 14.1 Å². The third kappa shape index (κ3) is 4.56. The number of hydrogen-bond acceptors (Lipinski definition) is 1. The molecule has 50 heavy (non-hydrogen) atoms. The predicted molar refractivity (Wildman–Crippen MR) is 209 cm³/mol. The molecule has 3 aromatic heterocycles. The minimum absolute atomic E-state index is 1.09. The fraction of sp³-hybridized carbons (Fsp3) is 0. The second-order valence-electron chi connectivity index (χ2n) is 12.9. The first kappa shape index (κ1) is 28.3. The van der Waals surface area contributed by atoms with Crippen LogP contribution >= 0.6 is 0 Å². The highest BCUT2D eigenvalue weighted by atomic mass is 15.0. The minimum atomic E-state index is 1.09. The number of rotatable bonds is 5. The van der Waals surface area contributed by atoms with Gasteiger partial charge in [-0.25, -0.2) is 0 Å². The normalized spacial score (nSPS) is 11.6. The van der Waals surface area contributed by atoms with Gasteiger partial charge in [0.2, 0.25) is 0 Å². The summed E-state index contributed by atoms with van der Waals surface area (Å²) >= 11 is 0. The Morgan fingerprint density at radius 2 is 0.680 bits per heavy atom. The molecule has 3 nitrogen and oxygen atoms in total. The number of aromatic nitrogens is 3. The average Bonchev–Trinajstić information content (AvgIpc) is 3.71. The molecule has 0 aliphatic heterocycles. The lowest BCUT2D eigenvalue weighted by Gasteiger charge is -2.14. The van der Waals surface area contributed by atoms with Crippen molar-refractivity contribution in [1.82, 2.24) is 14.1 Å². The summed E-state index contributed by atoms with van der Waals surface area (Å²) < 4.78 is 4.77. The fourth-order valence-corrected chi connectivity index (χ4v) is 7.71. The van der Waals surface area contributed by atoms with Crippen LogP contribution in [-0.2, 0) is 0 Å². The molecule has 0 bridgehead atoms. The van der Waals surface area contributed by atoms with E-state index in [2.05, 4.69) is 184 Å². The molecule has 0 N–H and O–H groups in total. The Labute approximate surface area is 290 Å². The molecular formula is C47H31N3. The Balaban J connectivity index is 1.15. The van der Waals surface area contributed by atoms with Crippen molar-refractivity contribution in [2.75, 3.05) is 0 Å². The van der Waals surface area contributed by atoms with Gasteiger partial charge in [0.15, 0.2) is 0 Å². The predicted octanol–water partition coefficient (Wildman–Crippen LogP) is 12.3. The van der Waals surface area contributed by atoms with E-state index in [1.54, 1.807) is 0 Å². The standard InChI is InChI=1S/C47H31N3/c1-5-21-44-40(17-1)41-18-2-6-22-45(41)49(44)38-15-9-12-32(29-38)35-26-36(28-37(27-35)34-14-11-25-48-31-34)33-13-10-16-39(30-33)50-46-23-7-3-19-42(46)43-20-4-8-24-47(43)50/h1-31H. The molecule has 234 valence electrons. The van der Waals surface area contributed by atoms with Crippen LogP contribution in [0.15, 0.2) is 188 Å². The molecule has 10 rings (SSSR count). The zero-order valence-electron chi connectivity index (χ0n) is 27.2. The summed E-state index contributed by atoms with van der Waals surface area (Å²) in [4.78, 5) is 4.47. The largest absolute Gasteiger partial charge is 0.309 e. The molecule has 0 fully saturated rings. The topological polar surface area (TPSA) is 22.8 Å². The SMILES string of the molecule is c1cncc(-c2cc(-c3cccc(-n4c5ccccc5c5ccccc54)c3)cc(-c3cccc(-n4c5ccccc5c5ccccc54)c3)c2)c1. The molecule has 7 aromatic carbocycles. The van der Waals surface area contributed by atoms with E-state index in [4.69, 9.17) is 0 Å². The lowest BCUT2D eigenvalue weighted by Crippen LogP contribution is -1.95. The molecule has 10 aromatic rings. The maximum atomic E-state index is 4.47. The summed E-state index contributed by atoms with van der Waals surface area (Å²) in [5.74, 6) is 0. The third-order valence-electron chi connectivity index (χ3n) is 9.96. The first-order chi connectivity index (χ1) is 24.8. The maximum absolute atomic E-state index is 4.47. The monoisotopic (exact) mass is 637 g/mol. The number of nitrogens with zero attached hydrogens (tertiary/aromatic N) is 3. The highest BCUT2D eigenvalue weighted by Gasteiger charge is 2.15. The molecule has 0 saturated carbocycles. The number of para-hydroxylation sites is 4. The van der Waals surface area contributed by atoms with Gasteiger partial charge in [-0.2, -0.15) is 0 Å². The number of fused-ring (bicyclic) bond motifs is 6. The van der Waals surface area contributed by atoms with Gasteiger partial charge in [-0.3, -0.25) is 4.98 Å². The van der Waals surface area contributed by atoms with Crippen molar-refractivity contribution in [2.24, 2.45) is 0 Å². The van der Waals surface area contributed by atoms with Crippen LogP contribution < -0.4 is 0 Å². The Kier molecular flexibility index (Phi) is 6.49. The van der Waals surface area contributed by atoms with Crippen LogP contribution in [0.4, 0.5) is 0 Å². The van der Waals surface area contributed by atoms with E-state index in [0.717, 1.165) is 44.8 Å². The van der Waals surface area contributed by atoms with Crippen molar-refractivity contribution in [3.05, 3.63) is 188 Å². The van der Waals surface area contributed by atoms with E-state index in [0.29, 0.717) is 0 Å². The maximum Gasteiger partial charge on any atom is 0.0541 e. The molecule has 0 aliphatic rings. The van der Waals surface area contributed by atoms with Gasteiger partial charge < -0.3 is 9.13 Å². The van der Waals surface area contributed by atoms with E-state index >= 15 is 0 Å². The Morgan fingerprint density at radius 1 is 0.300 bits per heavy atom. The van der Waals surface area contributed by atoms with Crippen LogP contribution in [0.25, 0.3) is 88.4 Å². The molecule has 0 amide bonds. The second kappa shape index (κ2) is 11.5. The summed E-state index contributed by atoms with van der Waals surface area (Å²) in [6, 6.07) is 63.6. The highest BCUT2D eigenvalue weighted by Crippen LogP contribution is 2.38. The zero-order chi connectivity index (χ0) is 33.0. The van der Waals surface area contributed by atoms with Gasteiger partial charge in [0.1, 0.15) is 0 Å². The van der Waals surface area contributed by atoms with Gasteiger partial charge in [0.25, 0.3) is 0 Å². The van der Waals surface area contributed by atoms with Gasteiger partial charge in [-0.1, -0.05) is 103 Å². The molecule has 3 heterocycles. The van der Waals surface area contributed by atoms with E-state index in [1.807, 2.05) is 18.5 Å². The smallest absolute Gasteiger partial charge is 0.0541 e. The first-order valence-electron chi connectivity index (χ1n) is 17.0. The Morgan fingerprint density at radius 3 is 1.08 bits per heavy atom. The van der Waals surface area contributed by atoms with E-state index in [1.165, 1.54) is 43.6 Å². The lowest BCUT2D eigenvalue weighted by molar-refractivity contribution is 1.18. The number of benzene rings is 7. The first-order valence-corrected chi connectivity index (χ1v) is 17.0. The molecule has 3 heteroatoms. The second-order valence-corrected chi connectivity index (χ2v) is 12.9. The van der Waals surface area contributed by atoms with Crippen molar-refractivity contribution in [3.8, 4) is 44.8 Å². The van der Waals surface area contributed by atoms with Gasteiger partial charge in [-0.15, -0.1) is 0 Å². The van der Waals surface area contributed by atoms with E-state index < -0.39 is 0 Å². The van der Waals surface area contributed by atoms with E-state index in [-0.39, 0.29) is 0 Å². The molecule has 0 atom stereocenters. The van der Waals surface area contributed by atoms with Crippen LogP contribution in [0.5, 0.6) is 0 Å². The van der Waals surface area contributed by atoms with Crippen molar-refractivity contribution in [3.63, 3.8) is 0 Å². The van der Waals surface area contributed by atoms with E-state index in [9.17, 15) is 0 Å². The Hall–Kier alpha value is -6.71. The zero-order valence-corrected chi connectivity index (χ0v) is 27.2.